The molecule has 104 valence electrons. The van der Waals surface area contributed by atoms with Crippen LogP contribution in [0.25, 0.3) is 0 Å². The van der Waals surface area contributed by atoms with Gasteiger partial charge in [-0.05, 0) is 38.2 Å². The lowest BCUT2D eigenvalue weighted by atomic mass is 10.1. The number of phenols is 1. The molecule has 0 radical (unpaired) electrons. The molecule has 1 N–H and O–H groups in total. The Kier molecular flexibility index (Phi) is 4.16. The molecule has 2 rings (SSSR count). The van der Waals surface area contributed by atoms with Gasteiger partial charge < -0.3 is 14.9 Å². The summed E-state index contributed by atoms with van der Waals surface area (Å²) < 4.78 is 0.796. The number of likely N-dealkylation sites (N-methyl/N-ethyl adjacent to an activating group) is 1. The van der Waals surface area contributed by atoms with Gasteiger partial charge in [-0.15, -0.1) is 0 Å². The molecule has 1 fully saturated rings. The number of hydrogen-bond donors (Lipinski definition) is 1. The average Bonchev–Trinajstić information content (AvgIpc) is 2.74. The maximum atomic E-state index is 12.5. The van der Waals surface area contributed by atoms with Crippen molar-refractivity contribution in [1.29, 1.82) is 0 Å². The van der Waals surface area contributed by atoms with Crippen LogP contribution in [0.5, 0.6) is 5.75 Å². The number of carbonyl (C=O) groups is 1. The molecule has 4 nitrogen and oxygen atoms in total. The van der Waals surface area contributed by atoms with E-state index in [9.17, 15) is 9.90 Å². The second kappa shape index (κ2) is 5.51. The Bertz CT molecular complexity index is 490. The van der Waals surface area contributed by atoms with Crippen LogP contribution in [0, 0.1) is 5.92 Å². The van der Waals surface area contributed by atoms with Gasteiger partial charge in [0, 0.05) is 23.6 Å². The Balaban J connectivity index is 2.19. The standard InChI is InChI=1S/C14H19BrN2O2/c1-9-7-17(8-12(9)16(2)3)14(19)11-6-10(15)4-5-13(11)18/h4-6,9,12,18H,7-8H2,1-3H3. The quantitative estimate of drug-likeness (QED) is 0.905. The van der Waals surface area contributed by atoms with Gasteiger partial charge >= 0.3 is 0 Å². The zero-order chi connectivity index (χ0) is 14.2. The minimum absolute atomic E-state index is 0.0363. The minimum Gasteiger partial charge on any atom is -0.507 e. The third kappa shape index (κ3) is 2.92. The lowest BCUT2D eigenvalue weighted by molar-refractivity contribution is 0.0778. The minimum atomic E-state index is -0.102. The Morgan fingerprint density at radius 3 is 2.68 bits per heavy atom. The maximum Gasteiger partial charge on any atom is 0.257 e. The Morgan fingerprint density at radius 2 is 2.11 bits per heavy atom. The predicted octanol–water partition coefficient (Wildman–Crippen LogP) is 2.18. The number of halogens is 1. The van der Waals surface area contributed by atoms with Crippen LogP contribution >= 0.6 is 15.9 Å². The van der Waals surface area contributed by atoms with E-state index in [1.165, 1.54) is 0 Å². The van der Waals surface area contributed by atoms with Crippen molar-refractivity contribution in [1.82, 2.24) is 9.80 Å². The van der Waals surface area contributed by atoms with E-state index in [2.05, 4.69) is 27.8 Å². The van der Waals surface area contributed by atoms with Crippen LogP contribution in [-0.2, 0) is 0 Å². The molecule has 1 aliphatic heterocycles. The van der Waals surface area contributed by atoms with Crippen molar-refractivity contribution in [2.24, 2.45) is 5.92 Å². The van der Waals surface area contributed by atoms with E-state index in [1.54, 1.807) is 18.2 Å². The fourth-order valence-electron chi connectivity index (χ4n) is 2.64. The fourth-order valence-corrected chi connectivity index (χ4v) is 3.00. The molecule has 1 heterocycles. The number of hydrogen-bond acceptors (Lipinski definition) is 3. The summed E-state index contributed by atoms with van der Waals surface area (Å²) in [6.07, 6.45) is 0. The highest BCUT2D eigenvalue weighted by Crippen LogP contribution is 2.27. The van der Waals surface area contributed by atoms with Gasteiger partial charge in [-0.25, -0.2) is 0 Å². The highest BCUT2D eigenvalue weighted by Gasteiger charge is 2.34. The molecule has 1 amide bonds. The van der Waals surface area contributed by atoms with Gasteiger partial charge in [-0.1, -0.05) is 22.9 Å². The summed E-state index contributed by atoms with van der Waals surface area (Å²) in [5.74, 6) is 0.373. The lowest BCUT2D eigenvalue weighted by Gasteiger charge is -2.22. The molecule has 2 atom stereocenters. The molecule has 19 heavy (non-hydrogen) atoms. The van der Waals surface area contributed by atoms with E-state index in [4.69, 9.17) is 0 Å². The molecular weight excluding hydrogens is 308 g/mol. The number of amides is 1. The topological polar surface area (TPSA) is 43.8 Å². The van der Waals surface area contributed by atoms with Crippen molar-refractivity contribution >= 4 is 21.8 Å². The lowest BCUT2D eigenvalue weighted by Crippen LogP contribution is -2.35. The molecule has 0 spiro atoms. The molecule has 5 heteroatoms. The summed E-state index contributed by atoms with van der Waals surface area (Å²) in [4.78, 5) is 16.4. The summed E-state index contributed by atoms with van der Waals surface area (Å²) in [6.45, 7) is 3.59. The van der Waals surface area contributed by atoms with E-state index in [-0.39, 0.29) is 11.7 Å². The summed E-state index contributed by atoms with van der Waals surface area (Å²) in [5, 5.41) is 9.83. The smallest absolute Gasteiger partial charge is 0.257 e. The van der Waals surface area contributed by atoms with Gasteiger partial charge in [-0.2, -0.15) is 0 Å². The first-order valence-corrected chi connectivity index (χ1v) is 7.13. The van der Waals surface area contributed by atoms with Crippen LogP contribution in [0.3, 0.4) is 0 Å². The second-order valence-electron chi connectivity index (χ2n) is 5.38. The SMILES string of the molecule is CC1CN(C(=O)c2cc(Br)ccc2O)CC1N(C)C. The Hall–Kier alpha value is -1.07. The molecule has 1 aliphatic rings. The molecule has 2 unspecified atom stereocenters. The van der Waals surface area contributed by atoms with Crippen LogP contribution < -0.4 is 0 Å². The van der Waals surface area contributed by atoms with Crippen LogP contribution in [0.4, 0.5) is 0 Å². The molecule has 0 saturated carbocycles. The average molecular weight is 327 g/mol. The van der Waals surface area contributed by atoms with E-state index >= 15 is 0 Å². The molecule has 1 aromatic carbocycles. The Labute approximate surface area is 122 Å². The van der Waals surface area contributed by atoms with Crippen molar-refractivity contribution in [3.8, 4) is 5.75 Å². The van der Waals surface area contributed by atoms with Crippen LogP contribution in [-0.4, -0.2) is 54.0 Å². The van der Waals surface area contributed by atoms with Crippen LogP contribution in [0.15, 0.2) is 22.7 Å². The Morgan fingerprint density at radius 1 is 1.42 bits per heavy atom. The monoisotopic (exact) mass is 326 g/mol. The molecule has 0 aliphatic carbocycles. The number of aromatic hydroxyl groups is 1. The zero-order valence-corrected chi connectivity index (χ0v) is 13.0. The molecule has 1 saturated heterocycles. The molecule has 0 aromatic heterocycles. The van der Waals surface area contributed by atoms with E-state index in [1.807, 2.05) is 19.0 Å². The van der Waals surface area contributed by atoms with Gasteiger partial charge in [0.05, 0.1) is 5.56 Å². The van der Waals surface area contributed by atoms with Crippen molar-refractivity contribution in [2.45, 2.75) is 13.0 Å². The second-order valence-corrected chi connectivity index (χ2v) is 6.30. The van der Waals surface area contributed by atoms with Gasteiger partial charge in [0.1, 0.15) is 5.75 Å². The molecular formula is C14H19BrN2O2. The van der Waals surface area contributed by atoms with Crippen molar-refractivity contribution in [3.05, 3.63) is 28.2 Å². The highest BCUT2D eigenvalue weighted by atomic mass is 79.9. The normalized spacial score (nSPS) is 23.1. The number of benzene rings is 1. The van der Waals surface area contributed by atoms with Crippen molar-refractivity contribution in [2.75, 3.05) is 27.2 Å². The summed E-state index contributed by atoms with van der Waals surface area (Å²) in [6, 6.07) is 5.31. The van der Waals surface area contributed by atoms with Gasteiger partial charge in [-0.3, -0.25) is 4.79 Å². The van der Waals surface area contributed by atoms with E-state index < -0.39 is 0 Å². The number of phenolic OH excluding ortho intramolecular Hbond substituents is 1. The molecule has 0 bridgehead atoms. The highest BCUT2D eigenvalue weighted by molar-refractivity contribution is 9.10. The van der Waals surface area contributed by atoms with E-state index in [0.29, 0.717) is 24.1 Å². The van der Waals surface area contributed by atoms with Crippen molar-refractivity contribution in [3.63, 3.8) is 0 Å². The fraction of sp³-hybridized carbons (Fsp3) is 0.500. The number of nitrogens with zero attached hydrogens (tertiary/aromatic N) is 2. The number of rotatable bonds is 2. The summed E-state index contributed by atoms with van der Waals surface area (Å²) >= 11 is 3.33. The van der Waals surface area contributed by atoms with Gasteiger partial charge in [0.2, 0.25) is 0 Å². The third-order valence-corrected chi connectivity index (χ3v) is 4.21. The first-order valence-electron chi connectivity index (χ1n) is 6.34. The van der Waals surface area contributed by atoms with Gasteiger partial charge in [0.15, 0.2) is 0 Å². The summed E-state index contributed by atoms with van der Waals surface area (Å²) in [5.41, 5.74) is 0.362. The maximum absolute atomic E-state index is 12.5. The van der Waals surface area contributed by atoms with Crippen LogP contribution in [0.2, 0.25) is 0 Å². The zero-order valence-electron chi connectivity index (χ0n) is 11.4. The predicted molar refractivity (Wildman–Crippen MR) is 78.3 cm³/mol. The largest absolute Gasteiger partial charge is 0.507 e. The summed E-state index contributed by atoms with van der Waals surface area (Å²) in [7, 11) is 4.07. The van der Waals surface area contributed by atoms with Crippen LogP contribution in [0.1, 0.15) is 17.3 Å². The van der Waals surface area contributed by atoms with E-state index in [0.717, 1.165) is 11.0 Å². The number of likely N-dealkylation sites (tertiary alicyclic amines) is 1. The van der Waals surface area contributed by atoms with Crippen molar-refractivity contribution < 1.29 is 9.90 Å². The first-order chi connectivity index (χ1) is 8.90. The first kappa shape index (κ1) is 14.3. The van der Waals surface area contributed by atoms with Gasteiger partial charge in [0.25, 0.3) is 5.91 Å². The number of carbonyl (C=O) groups excluding carboxylic acids is 1. The third-order valence-electron chi connectivity index (χ3n) is 3.71. The molecule has 1 aromatic rings.